The SMILES string of the molecule is CN(C)c1cccc(C(=O)Nc2ccc(C(=O)NO)cc2)c1. The third-order valence-corrected chi connectivity index (χ3v) is 3.13. The van der Waals surface area contributed by atoms with Gasteiger partial charge in [-0.15, -0.1) is 0 Å². The minimum atomic E-state index is -0.600. The number of anilines is 2. The van der Waals surface area contributed by atoms with Crippen molar-refractivity contribution in [3.8, 4) is 0 Å². The summed E-state index contributed by atoms with van der Waals surface area (Å²) in [6.45, 7) is 0. The fourth-order valence-corrected chi connectivity index (χ4v) is 1.90. The summed E-state index contributed by atoms with van der Waals surface area (Å²) >= 11 is 0. The van der Waals surface area contributed by atoms with Gasteiger partial charge in [-0.1, -0.05) is 6.07 Å². The fraction of sp³-hybridized carbons (Fsp3) is 0.125. The summed E-state index contributed by atoms with van der Waals surface area (Å²) in [6.07, 6.45) is 0. The lowest BCUT2D eigenvalue weighted by Crippen LogP contribution is -2.18. The fourth-order valence-electron chi connectivity index (χ4n) is 1.90. The molecule has 2 aromatic rings. The van der Waals surface area contributed by atoms with Crippen LogP contribution in [0.2, 0.25) is 0 Å². The number of nitrogens with zero attached hydrogens (tertiary/aromatic N) is 1. The van der Waals surface area contributed by atoms with Crippen molar-refractivity contribution in [2.45, 2.75) is 0 Å². The van der Waals surface area contributed by atoms with Gasteiger partial charge in [0.25, 0.3) is 11.8 Å². The summed E-state index contributed by atoms with van der Waals surface area (Å²) in [6, 6.07) is 13.5. The van der Waals surface area contributed by atoms with E-state index in [0.29, 0.717) is 16.8 Å². The van der Waals surface area contributed by atoms with Crippen LogP contribution in [0.3, 0.4) is 0 Å². The number of carbonyl (C=O) groups excluding carboxylic acids is 2. The summed E-state index contributed by atoms with van der Waals surface area (Å²) < 4.78 is 0. The second-order valence-electron chi connectivity index (χ2n) is 4.92. The predicted molar refractivity (Wildman–Crippen MR) is 84.4 cm³/mol. The van der Waals surface area contributed by atoms with E-state index in [-0.39, 0.29) is 5.91 Å². The average molecular weight is 299 g/mol. The Bertz CT molecular complexity index is 681. The lowest BCUT2D eigenvalue weighted by molar-refractivity contribution is 0.0706. The summed E-state index contributed by atoms with van der Waals surface area (Å²) in [4.78, 5) is 25.3. The molecule has 0 radical (unpaired) electrons. The maximum atomic E-state index is 12.2. The third-order valence-electron chi connectivity index (χ3n) is 3.13. The van der Waals surface area contributed by atoms with Crippen LogP contribution in [-0.2, 0) is 0 Å². The van der Waals surface area contributed by atoms with Gasteiger partial charge in [0, 0.05) is 36.6 Å². The molecule has 0 unspecified atom stereocenters. The van der Waals surface area contributed by atoms with Crippen molar-refractivity contribution >= 4 is 23.2 Å². The van der Waals surface area contributed by atoms with Gasteiger partial charge in [-0.2, -0.15) is 0 Å². The first kappa shape index (κ1) is 15.5. The van der Waals surface area contributed by atoms with Gasteiger partial charge in [0.1, 0.15) is 0 Å². The minimum absolute atomic E-state index is 0.233. The van der Waals surface area contributed by atoms with Crippen molar-refractivity contribution in [3.05, 3.63) is 59.7 Å². The normalized spacial score (nSPS) is 9.95. The highest BCUT2D eigenvalue weighted by molar-refractivity contribution is 6.05. The van der Waals surface area contributed by atoms with Gasteiger partial charge in [-0.25, -0.2) is 5.48 Å². The monoisotopic (exact) mass is 299 g/mol. The second kappa shape index (κ2) is 6.73. The van der Waals surface area contributed by atoms with E-state index in [1.54, 1.807) is 29.7 Å². The van der Waals surface area contributed by atoms with Crippen LogP contribution in [0.4, 0.5) is 11.4 Å². The highest BCUT2D eigenvalue weighted by Crippen LogP contribution is 2.16. The Balaban J connectivity index is 2.12. The Hall–Kier alpha value is -2.86. The van der Waals surface area contributed by atoms with Crippen molar-refractivity contribution in [2.24, 2.45) is 0 Å². The van der Waals surface area contributed by atoms with Crippen LogP contribution in [-0.4, -0.2) is 31.1 Å². The minimum Gasteiger partial charge on any atom is -0.378 e. The van der Waals surface area contributed by atoms with Crippen LogP contribution in [0.15, 0.2) is 48.5 Å². The Kier molecular flexibility index (Phi) is 4.75. The number of hydrogen-bond donors (Lipinski definition) is 3. The van der Waals surface area contributed by atoms with E-state index in [4.69, 9.17) is 5.21 Å². The van der Waals surface area contributed by atoms with Gasteiger partial charge in [0.05, 0.1) is 0 Å². The van der Waals surface area contributed by atoms with Crippen LogP contribution >= 0.6 is 0 Å². The van der Waals surface area contributed by atoms with E-state index in [1.165, 1.54) is 12.1 Å². The molecule has 3 N–H and O–H groups in total. The van der Waals surface area contributed by atoms with E-state index < -0.39 is 5.91 Å². The van der Waals surface area contributed by atoms with Crippen LogP contribution in [0.1, 0.15) is 20.7 Å². The number of carbonyl (C=O) groups is 2. The highest BCUT2D eigenvalue weighted by Gasteiger charge is 2.08. The second-order valence-corrected chi connectivity index (χ2v) is 4.92. The van der Waals surface area contributed by atoms with Gasteiger partial charge in [0.2, 0.25) is 0 Å². The zero-order valence-corrected chi connectivity index (χ0v) is 12.3. The third kappa shape index (κ3) is 3.62. The molecule has 22 heavy (non-hydrogen) atoms. The molecule has 0 spiro atoms. The van der Waals surface area contributed by atoms with Gasteiger partial charge in [0.15, 0.2) is 0 Å². The molecule has 0 atom stereocenters. The number of benzene rings is 2. The van der Waals surface area contributed by atoms with E-state index in [0.717, 1.165) is 5.69 Å². The molecule has 0 heterocycles. The summed E-state index contributed by atoms with van der Waals surface area (Å²) in [5.74, 6) is -0.834. The van der Waals surface area contributed by atoms with Crippen molar-refractivity contribution in [1.82, 2.24) is 5.48 Å². The zero-order valence-electron chi connectivity index (χ0n) is 12.3. The van der Waals surface area contributed by atoms with E-state index >= 15 is 0 Å². The molecule has 0 aromatic heterocycles. The van der Waals surface area contributed by atoms with E-state index in [2.05, 4.69) is 5.32 Å². The molecule has 0 fully saturated rings. The molecule has 6 heteroatoms. The molecular formula is C16H17N3O3. The number of nitrogens with one attached hydrogen (secondary N) is 2. The molecular weight excluding hydrogens is 282 g/mol. The van der Waals surface area contributed by atoms with Crippen molar-refractivity contribution in [1.29, 1.82) is 0 Å². The van der Waals surface area contributed by atoms with E-state index in [9.17, 15) is 9.59 Å². The predicted octanol–water partition coefficient (Wildman–Crippen LogP) is 2.12. The Morgan fingerprint density at radius 1 is 0.955 bits per heavy atom. The average Bonchev–Trinajstić information content (AvgIpc) is 2.54. The van der Waals surface area contributed by atoms with E-state index in [1.807, 2.05) is 31.1 Å². The number of hydrogen-bond acceptors (Lipinski definition) is 4. The lowest BCUT2D eigenvalue weighted by atomic mass is 10.1. The quantitative estimate of drug-likeness (QED) is 0.596. The van der Waals surface area contributed by atoms with Crippen molar-refractivity contribution in [3.63, 3.8) is 0 Å². The number of rotatable bonds is 4. The van der Waals surface area contributed by atoms with Crippen LogP contribution in [0, 0.1) is 0 Å². The first-order valence-corrected chi connectivity index (χ1v) is 6.64. The molecule has 0 bridgehead atoms. The van der Waals surface area contributed by atoms with Crippen LogP contribution in [0.5, 0.6) is 0 Å². The maximum Gasteiger partial charge on any atom is 0.274 e. The van der Waals surface area contributed by atoms with Gasteiger partial charge in [-0.05, 0) is 42.5 Å². The molecule has 2 aromatic carbocycles. The van der Waals surface area contributed by atoms with Crippen LogP contribution < -0.4 is 15.7 Å². The van der Waals surface area contributed by atoms with Crippen molar-refractivity contribution in [2.75, 3.05) is 24.3 Å². The Morgan fingerprint density at radius 2 is 1.64 bits per heavy atom. The molecule has 114 valence electrons. The van der Waals surface area contributed by atoms with Gasteiger partial charge in [-0.3, -0.25) is 14.8 Å². The van der Waals surface area contributed by atoms with Gasteiger partial charge < -0.3 is 10.2 Å². The Morgan fingerprint density at radius 3 is 2.23 bits per heavy atom. The molecule has 0 saturated carbocycles. The van der Waals surface area contributed by atoms with Gasteiger partial charge >= 0.3 is 0 Å². The van der Waals surface area contributed by atoms with Crippen molar-refractivity contribution < 1.29 is 14.8 Å². The first-order chi connectivity index (χ1) is 10.5. The zero-order chi connectivity index (χ0) is 16.1. The smallest absolute Gasteiger partial charge is 0.274 e. The lowest BCUT2D eigenvalue weighted by Gasteiger charge is -2.13. The molecule has 0 aliphatic heterocycles. The standard InChI is InChI=1S/C16H17N3O3/c1-19(2)14-5-3-4-12(10-14)15(20)17-13-8-6-11(7-9-13)16(21)18-22/h3-10,22H,1-2H3,(H,17,20)(H,18,21). The topological polar surface area (TPSA) is 81.7 Å². The molecule has 2 rings (SSSR count). The Labute approximate surface area is 128 Å². The molecule has 0 aliphatic carbocycles. The van der Waals surface area contributed by atoms with Crippen LogP contribution in [0.25, 0.3) is 0 Å². The molecule has 2 amide bonds. The number of hydroxylamine groups is 1. The summed E-state index contributed by atoms with van der Waals surface area (Å²) in [7, 11) is 3.81. The maximum absolute atomic E-state index is 12.2. The molecule has 6 nitrogen and oxygen atoms in total. The molecule has 0 aliphatic rings. The summed E-state index contributed by atoms with van der Waals surface area (Å²) in [5.41, 5.74) is 3.90. The highest BCUT2D eigenvalue weighted by atomic mass is 16.5. The largest absolute Gasteiger partial charge is 0.378 e. The summed E-state index contributed by atoms with van der Waals surface area (Å²) in [5, 5.41) is 11.3. The first-order valence-electron chi connectivity index (χ1n) is 6.64. The molecule has 0 saturated heterocycles. The number of amides is 2.